The van der Waals surface area contributed by atoms with Crippen LogP contribution in [0.3, 0.4) is 0 Å². The lowest BCUT2D eigenvalue weighted by molar-refractivity contribution is -0.128. The summed E-state index contributed by atoms with van der Waals surface area (Å²) in [6.45, 7) is 8.85. The van der Waals surface area contributed by atoms with Crippen LogP contribution in [0.1, 0.15) is 42.6 Å². The number of esters is 1. The van der Waals surface area contributed by atoms with Crippen molar-refractivity contribution in [2.24, 2.45) is 10.9 Å². The van der Waals surface area contributed by atoms with Crippen LogP contribution in [0, 0.1) is 5.92 Å². The van der Waals surface area contributed by atoms with Crippen LogP contribution in [0.5, 0.6) is 5.75 Å². The van der Waals surface area contributed by atoms with Gasteiger partial charge in [-0.05, 0) is 59.5 Å². The second-order valence-corrected chi connectivity index (χ2v) is 12.0. The Kier molecular flexibility index (Phi) is 6.38. The van der Waals surface area contributed by atoms with Gasteiger partial charge in [0.15, 0.2) is 0 Å². The standard InChI is InChI=1S/C39H32N4O2/c1-4-38(44)45-29-14-16-36-31(20-29)32-22-40-18-17-37(32)43(36)34-15-11-27(19-24(34)2)26-9-12-28(13-10-26)42-35-8-6-5-7-30(35)33-23-41-21-25(3)39(33)42/h4-20,22-25,34H,1,21H2,2-3H3. The molecule has 0 N–H and O–H groups in total. The highest BCUT2D eigenvalue weighted by Gasteiger charge is 2.26. The molecule has 6 heteroatoms. The Balaban J connectivity index is 1.13. The average molecular weight is 589 g/mol. The Morgan fingerprint density at radius 3 is 2.60 bits per heavy atom. The van der Waals surface area contributed by atoms with Gasteiger partial charge in [-0.15, -0.1) is 0 Å². The molecule has 2 aliphatic rings. The van der Waals surface area contributed by atoms with E-state index >= 15 is 0 Å². The minimum absolute atomic E-state index is 0.109. The van der Waals surface area contributed by atoms with Crippen molar-refractivity contribution in [3.63, 3.8) is 0 Å². The summed E-state index contributed by atoms with van der Waals surface area (Å²) in [5.74, 6) is 0.597. The van der Waals surface area contributed by atoms with Crippen LogP contribution in [0.15, 0.2) is 121 Å². The number of aliphatic imine (C=N–C) groups is 1. The van der Waals surface area contributed by atoms with E-state index in [9.17, 15) is 4.79 Å². The van der Waals surface area contributed by atoms with Crippen LogP contribution in [-0.2, 0) is 4.79 Å². The zero-order chi connectivity index (χ0) is 30.7. The number of hydrogen-bond donors (Lipinski definition) is 0. The Hall–Kier alpha value is -5.49. The third-order valence-corrected chi connectivity index (χ3v) is 9.19. The van der Waals surface area contributed by atoms with Crippen molar-refractivity contribution in [2.75, 3.05) is 6.54 Å². The van der Waals surface area contributed by atoms with Gasteiger partial charge in [0.2, 0.25) is 0 Å². The first-order chi connectivity index (χ1) is 22.0. The third-order valence-electron chi connectivity index (χ3n) is 9.19. The molecule has 220 valence electrons. The van der Waals surface area contributed by atoms with Crippen LogP contribution >= 0.6 is 0 Å². The molecule has 0 amide bonds. The maximum atomic E-state index is 11.8. The third kappa shape index (κ3) is 4.36. The van der Waals surface area contributed by atoms with E-state index in [0.29, 0.717) is 11.7 Å². The predicted molar refractivity (Wildman–Crippen MR) is 183 cm³/mol. The maximum Gasteiger partial charge on any atom is 0.335 e. The van der Waals surface area contributed by atoms with Crippen molar-refractivity contribution in [3.05, 3.63) is 133 Å². The molecule has 4 heterocycles. The van der Waals surface area contributed by atoms with Crippen LogP contribution < -0.4 is 4.74 Å². The SMILES string of the molecule is C=CC(=O)Oc1ccc2c(c1)c1cnccc1n2C1C=CC(c2ccc(-n3c4c(c5ccccc53)C=NCC4C)cc2)=CC1C. The van der Waals surface area contributed by atoms with Gasteiger partial charge in [0.25, 0.3) is 0 Å². The van der Waals surface area contributed by atoms with E-state index in [1.807, 2.05) is 36.8 Å². The molecule has 0 fully saturated rings. The number of allylic oxidation sites excluding steroid dienone is 4. The summed E-state index contributed by atoms with van der Waals surface area (Å²) in [4.78, 5) is 20.9. The van der Waals surface area contributed by atoms with E-state index in [2.05, 4.69) is 112 Å². The molecule has 0 saturated carbocycles. The van der Waals surface area contributed by atoms with Crippen LogP contribution in [0.4, 0.5) is 0 Å². The summed E-state index contributed by atoms with van der Waals surface area (Å²) in [6.07, 6.45) is 13.8. The fraction of sp³-hybridized carbons (Fsp3) is 0.154. The molecule has 0 saturated heterocycles. The van der Waals surface area contributed by atoms with E-state index in [1.54, 1.807) is 0 Å². The number of carbonyl (C=O) groups excluding carboxylic acids is 1. The first-order valence-corrected chi connectivity index (χ1v) is 15.4. The number of benzene rings is 3. The van der Waals surface area contributed by atoms with Crippen molar-refractivity contribution < 1.29 is 9.53 Å². The Morgan fingerprint density at radius 1 is 0.956 bits per heavy atom. The normalized spacial score (nSPS) is 19.2. The monoisotopic (exact) mass is 588 g/mol. The molecule has 3 aromatic carbocycles. The number of nitrogens with zero attached hydrogens (tertiary/aromatic N) is 4. The number of fused-ring (bicyclic) bond motifs is 6. The zero-order valence-corrected chi connectivity index (χ0v) is 25.2. The summed E-state index contributed by atoms with van der Waals surface area (Å²) in [7, 11) is 0. The largest absolute Gasteiger partial charge is 0.423 e. The van der Waals surface area contributed by atoms with Gasteiger partial charge in [0, 0.05) is 70.3 Å². The quantitative estimate of drug-likeness (QED) is 0.115. The molecule has 3 unspecified atom stereocenters. The smallest absolute Gasteiger partial charge is 0.335 e. The van der Waals surface area contributed by atoms with Crippen molar-refractivity contribution >= 4 is 50.5 Å². The molecule has 1 aliphatic carbocycles. The van der Waals surface area contributed by atoms with Crippen molar-refractivity contribution in [2.45, 2.75) is 25.8 Å². The highest BCUT2D eigenvalue weighted by Crippen LogP contribution is 2.40. The predicted octanol–water partition coefficient (Wildman–Crippen LogP) is 8.59. The van der Waals surface area contributed by atoms with Crippen LogP contribution in [0.2, 0.25) is 0 Å². The minimum Gasteiger partial charge on any atom is -0.423 e. The van der Waals surface area contributed by atoms with E-state index in [1.165, 1.54) is 45.1 Å². The average Bonchev–Trinajstić information content (AvgIpc) is 3.58. The zero-order valence-electron chi connectivity index (χ0n) is 25.2. The molecule has 6 nitrogen and oxygen atoms in total. The summed E-state index contributed by atoms with van der Waals surface area (Å²) in [5.41, 5.74) is 9.53. The van der Waals surface area contributed by atoms with Crippen LogP contribution in [0.25, 0.3) is 44.0 Å². The number of aromatic nitrogens is 3. The highest BCUT2D eigenvalue weighted by atomic mass is 16.5. The van der Waals surface area contributed by atoms with Gasteiger partial charge in [-0.25, -0.2) is 4.79 Å². The fourth-order valence-corrected chi connectivity index (χ4v) is 7.12. The van der Waals surface area contributed by atoms with Gasteiger partial charge in [-0.3, -0.25) is 9.98 Å². The van der Waals surface area contributed by atoms with Gasteiger partial charge in [-0.2, -0.15) is 0 Å². The van der Waals surface area contributed by atoms with Crippen LogP contribution in [-0.4, -0.2) is 32.8 Å². The van der Waals surface area contributed by atoms with Crippen molar-refractivity contribution in [1.29, 1.82) is 0 Å². The number of carbonyl (C=O) groups is 1. The highest BCUT2D eigenvalue weighted by molar-refractivity contribution is 6.08. The Bertz CT molecular complexity index is 2250. The number of para-hydroxylation sites is 1. The molecule has 45 heavy (non-hydrogen) atoms. The second kappa shape index (κ2) is 10.6. The molecule has 6 aromatic rings. The lowest BCUT2D eigenvalue weighted by Crippen LogP contribution is -2.16. The van der Waals surface area contributed by atoms with Crippen molar-refractivity contribution in [1.82, 2.24) is 14.1 Å². The minimum atomic E-state index is -0.476. The molecule has 0 bridgehead atoms. The van der Waals surface area contributed by atoms with Crippen molar-refractivity contribution in [3.8, 4) is 11.4 Å². The lowest BCUT2D eigenvalue weighted by Gasteiger charge is -2.27. The molecular formula is C39H32N4O2. The lowest BCUT2D eigenvalue weighted by atomic mass is 9.89. The van der Waals surface area contributed by atoms with Gasteiger partial charge in [-0.1, -0.05) is 69.0 Å². The summed E-state index contributed by atoms with van der Waals surface area (Å²) >= 11 is 0. The summed E-state index contributed by atoms with van der Waals surface area (Å²) in [5, 5.41) is 3.27. The molecule has 0 spiro atoms. The first kappa shape index (κ1) is 27.1. The van der Waals surface area contributed by atoms with E-state index < -0.39 is 5.97 Å². The molecule has 3 atom stereocenters. The Labute approximate surface area is 261 Å². The van der Waals surface area contributed by atoms with Gasteiger partial charge in [0.05, 0.1) is 22.6 Å². The van der Waals surface area contributed by atoms with Gasteiger partial charge < -0.3 is 13.9 Å². The molecule has 0 radical (unpaired) electrons. The number of rotatable bonds is 5. The fourth-order valence-electron chi connectivity index (χ4n) is 7.12. The topological polar surface area (TPSA) is 61.4 Å². The van der Waals surface area contributed by atoms with E-state index in [0.717, 1.165) is 28.4 Å². The molecule has 1 aliphatic heterocycles. The second-order valence-electron chi connectivity index (χ2n) is 12.0. The molecular weight excluding hydrogens is 556 g/mol. The summed E-state index contributed by atoms with van der Waals surface area (Å²) in [6, 6.07) is 25.5. The van der Waals surface area contributed by atoms with E-state index in [4.69, 9.17) is 4.74 Å². The number of ether oxygens (including phenoxy) is 1. The van der Waals surface area contributed by atoms with Gasteiger partial charge >= 0.3 is 5.97 Å². The molecule has 8 rings (SSSR count). The maximum absolute atomic E-state index is 11.8. The molecule has 3 aromatic heterocycles. The van der Waals surface area contributed by atoms with Gasteiger partial charge in [0.1, 0.15) is 5.75 Å². The van der Waals surface area contributed by atoms with E-state index in [-0.39, 0.29) is 12.0 Å². The summed E-state index contributed by atoms with van der Waals surface area (Å²) < 4.78 is 10.2. The number of hydrogen-bond acceptors (Lipinski definition) is 4. The Morgan fingerprint density at radius 2 is 1.78 bits per heavy atom. The first-order valence-electron chi connectivity index (χ1n) is 15.4. The number of pyridine rings is 1.